The van der Waals surface area contributed by atoms with E-state index in [0.717, 1.165) is 11.1 Å². The van der Waals surface area contributed by atoms with Crippen LogP contribution >= 0.6 is 0 Å². The molecule has 2 amide bonds. The SMILES string of the molecule is O=C(Cn1ncc2cccnc21)N1CC(=O)N(c2ccccc2)C1. The lowest BCUT2D eigenvalue weighted by Crippen LogP contribution is -2.34. The molecule has 0 saturated carbocycles. The fraction of sp³-hybridized carbons (Fsp3) is 0.176. The minimum atomic E-state index is -0.155. The molecule has 1 saturated heterocycles. The van der Waals surface area contributed by atoms with Crippen molar-refractivity contribution in [3.63, 3.8) is 0 Å². The minimum absolute atomic E-state index is 0.0659. The predicted octanol–water partition coefficient (Wildman–Crippen LogP) is 1.26. The van der Waals surface area contributed by atoms with Crippen molar-refractivity contribution in [1.29, 1.82) is 0 Å². The van der Waals surface area contributed by atoms with Crippen molar-refractivity contribution in [2.75, 3.05) is 18.1 Å². The fourth-order valence-electron chi connectivity index (χ4n) is 2.81. The van der Waals surface area contributed by atoms with E-state index in [-0.39, 0.29) is 31.6 Å². The molecule has 120 valence electrons. The first-order valence-electron chi connectivity index (χ1n) is 7.62. The maximum absolute atomic E-state index is 12.5. The number of nitrogens with zero attached hydrogens (tertiary/aromatic N) is 5. The molecule has 3 heterocycles. The first-order chi connectivity index (χ1) is 11.7. The van der Waals surface area contributed by atoms with Crippen LogP contribution in [0.3, 0.4) is 0 Å². The molecule has 0 bridgehead atoms. The van der Waals surface area contributed by atoms with Crippen LogP contribution in [-0.4, -0.2) is 44.7 Å². The Balaban J connectivity index is 1.50. The van der Waals surface area contributed by atoms with Gasteiger partial charge in [0.05, 0.1) is 6.20 Å². The van der Waals surface area contributed by atoms with Crippen LogP contribution < -0.4 is 4.90 Å². The van der Waals surface area contributed by atoms with Crippen molar-refractivity contribution in [1.82, 2.24) is 19.7 Å². The molecule has 0 N–H and O–H groups in total. The number of hydrogen-bond acceptors (Lipinski definition) is 4. The molecular formula is C17H15N5O2. The van der Waals surface area contributed by atoms with Gasteiger partial charge in [-0.3, -0.25) is 14.5 Å². The Morgan fingerprint density at radius 1 is 1.12 bits per heavy atom. The van der Waals surface area contributed by atoms with Crippen molar-refractivity contribution in [2.45, 2.75) is 6.54 Å². The number of pyridine rings is 1. The number of fused-ring (bicyclic) bond motifs is 1. The minimum Gasteiger partial charge on any atom is -0.314 e. The lowest BCUT2D eigenvalue weighted by molar-refractivity contribution is -0.132. The van der Waals surface area contributed by atoms with Crippen molar-refractivity contribution in [3.8, 4) is 0 Å². The first-order valence-corrected chi connectivity index (χ1v) is 7.62. The molecule has 7 nitrogen and oxygen atoms in total. The summed E-state index contributed by atoms with van der Waals surface area (Å²) in [5.74, 6) is -0.240. The molecule has 7 heteroatoms. The second kappa shape index (κ2) is 5.77. The second-order valence-electron chi connectivity index (χ2n) is 5.61. The van der Waals surface area contributed by atoms with Gasteiger partial charge in [-0.25, -0.2) is 9.67 Å². The van der Waals surface area contributed by atoms with Crippen LogP contribution in [0.2, 0.25) is 0 Å². The lowest BCUT2D eigenvalue weighted by Gasteiger charge is -2.18. The molecule has 0 atom stereocenters. The Kier molecular flexibility index (Phi) is 3.45. The first kappa shape index (κ1) is 14.4. The summed E-state index contributed by atoms with van der Waals surface area (Å²) in [7, 11) is 0. The highest BCUT2D eigenvalue weighted by Crippen LogP contribution is 2.19. The Labute approximate surface area is 138 Å². The normalized spacial score (nSPS) is 14.6. The number of para-hydroxylation sites is 1. The molecule has 1 fully saturated rings. The summed E-state index contributed by atoms with van der Waals surface area (Å²) < 4.78 is 1.56. The average Bonchev–Trinajstić information content (AvgIpc) is 3.20. The average molecular weight is 321 g/mol. The maximum Gasteiger partial charge on any atom is 0.248 e. The van der Waals surface area contributed by atoms with Crippen LogP contribution in [0.15, 0.2) is 54.9 Å². The van der Waals surface area contributed by atoms with Gasteiger partial charge in [0.1, 0.15) is 19.8 Å². The van der Waals surface area contributed by atoms with Gasteiger partial charge in [0.25, 0.3) is 0 Å². The number of hydrogen-bond donors (Lipinski definition) is 0. The van der Waals surface area contributed by atoms with E-state index in [9.17, 15) is 9.59 Å². The molecule has 1 aliphatic rings. The van der Waals surface area contributed by atoms with Crippen LogP contribution in [-0.2, 0) is 16.1 Å². The van der Waals surface area contributed by atoms with Crippen LogP contribution in [0.25, 0.3) is 11.0 Å². The zero-order valence-corrected chi connectivity index (χ0v) is 12.9. The Hall–Kier alpha value is -3.22. The number of carbonyl (C=O) groups excluding carboxylic acids is 2. The number of rotatable bonds is 3. The third-order valence-electron chi connectivity index (χ3n) is 4.04. The second-order valence-corrected chi connectivity index (χ2v) is 5.61. The molecule has 3 aromatic rings. The number of aromatic nitrogens is 3. The highest BCUT2D eigenvalue weighted by atomic mass is 16.2. The smallest absolute Gasteiger partial charge is 0.248 e. The molecule has 2 aromatic heterocycles. The van der Waals surface area contributed by atoms with E-state index < -0.39 is 0 Å². The van der Waals surface area contributed by atoms with Crippen molar-refractivity contribution >= 4 is 28.5 Å². The summed E-state index contributed by atoms with van der Waals surface area (Å²) in [6.45, 7) is 0.408. The zero-order valence-electron chi connectivity index (χ0n) is 12.9. The summed E-state index contributed by atoms with van der Waals surface area (Å²) in [6, 6.07) is 13.1. The number of anilines is 1. The van der Waals surface area contributed by atoms with E-state index in [2.05, 4.69) is 10.1 Å². The van der Waals surface area contributed by atoms with Crippen LogP contribution in [0.5, 0.6) is 0 Å². The van der Waals surface area contributed by atoms with Crippen LogP contribution in [0, 0.1) is 0 Å². The van der Waals surface area contributed by atoms with Gasteiger partial charge in [0, 0.05) is 17.3 Å². The predicted molar refractivity (Wildman–Crippen MR) is 88.0 cm³/mol. The quantitative estimate of drug-likeness (QED) is 0.728. The van der Waals surface area contributed by atoms with Gasteiger partial charge in [0.2, 0.25) is 11.8 Å². The molecule has 24 heavy (non-hydrogen) atoms. The molecule has 4 rings (SSSR count). The third kappa shape index (κ3) is 2.50. The summed E-state index contributed by atoms with van der Waals surface area (Å²) >= 11 is 0. The highest BCUT2D eigenvalue weighted by molar-refractivity contribution is 6.00. The summed E-state index contributed by atoms with van der Waals surface area (Å²) in [5, 5.41) is 5.09. The van der Waals surface area contributed by atoms with Gasteiger partial charge in [-0.1, -0.05) is 18.2 Å². The molecule has 0 aliphatic carbocycles. The largest absolute Gasteiger partial charge is 0.314 e. The molecule has 1 aromatic carbocycles. The maximum atomic E-state index is 12.5. The monoisotopic (exact) mass is 321 g/mol. The van der Waals surface area contributed by atoms with E-state index in [1.807, 2.05) is 42.5 Å². The Bertz CT molecular complexity index is 905. The zero-order chi connectivity index (χ0) is 16.5. The number of benzene rings is 1. The molecule has 0 unspecified atom stereocenters. The van der Waals surface area contributed by atoms with E-state index in [4.69, 9.17) is 0 Å². The van der Waals surface area contributed by atoms with Gasteiger partial charge < -0.3 is 4.90 Å². The summed E-state index contributed by atoms with van der Waals surface area (Å²) in [4.78, 5) is 32.1. The van der Waals surface area contributed by atoms with E-state index in [1.54, 1.807) is 22.0 Å². The number of amides is 2. The molecule has 0 spiro atoms. The van der Waals surface area contributed by atoms with Crippen LogP contribution in [0.4, 0.5) is 5.69 Å². The molecule has 0 radical (unpaired) electrons. The summed E-state index contributed by atoms with van der Waals surface area (Å²) in [6.07, 6.45) is 3.35. The fourth-order valence-corrected chi connectivity index (χ4v) is 2.81. The van der Waals surface area contributed by atoms with Gasteiger partial charge >= 0.3 is 0 Å². The van der Waals surface area contributed by atoms with Gasteiger partial charge in [0.15, 0.2) is 5.65 Å². The van der Waals surface area contributed by atoms with E-state index >= 15 is 0 Å². The van der Waals surface area contributed by atoms with Gasteiger partial charge in [-0.05, 0) is 24.3 Å². The number of carbonyl (C=O) groups is 2. The Morgan fingerprint density at radius 2 is 1.96 bits per heavy atom. The van der Waals surface area contributed by atoms with Crippen molar-refractivity contribution in [2.24, 2.45) is 0 Å². The highest BCUT2D eigenvalue weighted by Gasteiger charge is 2.31. The topological polar surface area (TPSA) is 71.3 Å². The lowest BCUT2D eigenvalue weighted by atomic mass is 10.3. The van der Waals surface area contributed by atoms with Gasteiger partial charge in [-0.15, -0.1) is 0 Å². The van der Waals surface area contributed by atoms with Crippen molar-refractivity contribution < 1.29 is 9.59 Å². The molecule has 1 aliphatic heterocycles. The van der Waals surface area contributed by atoms with Crippen molar-refractivity contribution in [3.05, 3.63) is 54.9 Å². The van der Waals surface area contributed by atoms with Gasteiger partial charge in [-0.2, -0.15) is 5.10 Å². The molecular weight excluding hydrogens is 306 g/mol. The Morgan fingerprint density at radius 3 is 2.79 bits per heavy atom. The van der Waals surface area contributed by atoms with E-state index in [0.29, 0.717) is 5.65 Å². The standard InChI is InChI=1S/C17H15N5O2/c23-15(11-22-17-13(9-19-22)5-4-8-18-17)20-10-16(24)21(12-20)14-6-2-1-3-7-14/h1-9H,10-12H2. The third-order valence-corrected chi connectivity index (χ3v) is 4.04. The van der Waals surface area contributed by atoms with E-state index in [1.165, 1.54) is 4.90 Å². The summed E-state index contributed by atoms with van der Waals surface area (Å²) in [5.41, 5.74) is 1.46. The van der Waals surface area contributed by atoms with Crippen LogP contribution in [0.1, 0.15) is 0 Å².